The molecule has 1 N–H and O–H groups in total. The van der Waals surface area contributed by atoms with Crippen LogP contribution in [0.3, 0.4) is 0 Å². The Balaban J connectivity index is 1.71. The molecule has 0 saturated heterocycles. The number of ether oxygens (including phenoxy) is 1. The van der Waals surface area contributed by atoms with Crippen molar-refractivity contribution in [2.24, 2.45) is 0 Å². The van der Waals surface area contributed by atoms with Crippen molar-refractivity contribution in [1.82, 2.24) is 5.32 Å². The molecular weight excluding hydrogens is 302 g/mol. The molecule has 0 radical (unpaired) electrons. The highest BCUT2D eigenvalue weighted by Gasteiger charge is 2.31. The Morgan fingerprint density at radius 2 is 2.30 bits per heavy atom. The van der Waals surface area contributed by atoms with E-state index in [1.165, 1.54) is 11.1 Å². The van der Waals surface area contributed by atoms with Gasteiger partial charge in [-0.1, -0.05) is 0 Å². The number of carbonyl (C=O) groups excluding carboxylic acids is 1. The maximum atomic E-state index is 12.1. The van der Waals surface area contributed by atoms with Gasteiger partial charge in [-0.05, 0) is 42.4 Å². The Kier molecular flexibility index (Phi) is 4.46. The summed E-state index contributed by atoms with van der Waals surface area (Å²) >= 11 is 0. The number of alkyl halides is 2. The van der Waals surface area contributed by atoms with Crippen LogP contribution in [-0.4, -0.2) is 25.5 Å². The summed E-state index contributed by atoms with van der Waals surface area (Å²) in [5, 5.41) is 11.5. The largest absolute Gasteiger partial charge is 0.492 e. The lowest BCUT2D eigenvalue weighted by molar-refractivity contribution is -0.121. The van der Waals surface area contributed by atoms with E-state index >= 15 is 0 Å². The lowest BCUT2D eigenvalue weighted by Gasteiger charge is -2.15. The van der Waals surface area contributed by atoms with Crippen molar-refractivity contribution >= 4 is 5.91 Å². The van der Waals surface area contributed by atoms with E-state index in [4.69, 9.17) is 4.74 Å². The lowest BCUT2D eigenvalue weighted by atomic mass is 9.89. The molecule has 6 heteroatoms. The van der Waals surface area contributed by atoms with E-state index in [0.29, 0.717) is 24.3 Å². The van der Waals surface area contributed by atoms with Crippen LogP contribution in [0.2, 0.25) is 0 Å². The lowest BCUT2D eigenvalue weighted by Crippen LogP contribution is -2.28. The molecule has 1 aliphatic heterocycles. The molecule has 1 heterocycles. The number of benzene rings is 1. The highest BCUT2D eigenvalue weighted by atomic mass is 19.3. The fourth-order valence-electron chi connectivity index (χ4n) is 3.61. The average molecular weight is 320 g/mol. The van der Waals surface area contributed by atoms with Crippen molar-refractivity contribution < 1.29 is 18.3 Å². The monoisotopic (exact) mass is 320 g/mol. The van der Waals surface area contributed by atoms with Gasteiger partial charge in [0.2, 0.25) is 5.91 Å². The molecule has 2 aliphatic rings. The van der Waals surface area contributed by atoms with Crippen molar-refractivity contribution in [1.29, 1.82) is 5.26 Å². The van der Waals surface area contributed by atoms with Crippen molar-refractivity contribution in [3.63, 3.8) is 0 Å². The summed E-state index contributed by atoms with van der Waals surface area (Å²) < 4.78 is 29.8. The topological polar surface area (TPSA) is 62.1 Å². The van der Waals surface area contributed by atoms with Crippen molar-refractivity contribution in [2.45, 2.75) is 44.4 Å². The standard InChI is InChI=1S/C17H18F2N2O2/c18-14(19)9-21-15(22)4-3-10-1-2-11-7-12(8-20)17-13(16(10)11)5-6-23-17/h7,10,14H,1-6,9H2,(H,21,22)/t10-/m0/s1. The van der Waals surface area contributed by atoms with Crippen LogP contribution < -0.4 is 10.1 Å². The number of nitrogens with one attached hydrogen (secondary N) is 1. The molecule has 1 atom stereocenters. The number of hydrogen-bond acceptors (Lipinski definition) is 3. The van der Waals surface area contributed by atoms with Gasteiger partial charge in [-0.25, -0.2) is 8.78 Å². The molecule has 0 fully saturated rings. The number of nitrogens with zero attached hydrogens (tertiary/aromatic N) is 1. The molecule has 1 aliphatic carbocycles. The highest BCUT2D eigenvalue weighted by molar-refractivity contribution is 5.76. The second-order valence-electron chi connectivity index (χ2n) is 5.98. The minimum atomic E-state index is -2.52. The predicted octanol–water partition coefficient (Wildman–Crippen LogP) is 2.68. The summed E-state index contributed by atoms with van der Waals surface area (Å²) in [7, 11) is 0. The summed E-state index contributed by atoms with van der Waals surface area (Å²) in [6, 6.07) is 4.09. The van der Waals surface area contributed by atoms with Crippen molar-refractivity contribution in [2.75, 3.05) is 13.2 Å². The van der Waals surface area contributed by atoms with E-state index in [2.05, 4.69) is 11.4 Å². The summed E-state index contributed by atoms with van der Waals surface area (Å²) in [5.41, 5.74) is 4.09. The number of nitriles is 1. The van der Waals surface area contributed by atoms with Crippen LogP contribution >= 0.6 is 0 Å². The minimum absolute atomic E-state index is 0.241. The zero-order valence-corrected chi connectivity index (χ0v) is 12.7. The first-order chi connectivity index (χ1) is 11.1. The molecule has 122 valence electrons. The second kappa shape index (κ2) is 6.53. The van der Waals surface area contributed by atoms with Crippen LogP contribution in [0.5, 0.6) is 5.75 Å². The van der Waals surface area contributed by atoms with E-state index in [-0.39, 0.29) is 18.2 Å². The zero-order valence-electron chi connectivity index (χ0n) is 12.7. The Hall–Kier alpha value is -2.16. The molecule has 23 heavy (non-hydrogen) atoms. The molecule has 4 nitrogen and oxygen atoms in total. The Morgan fingerprint density at radius 1 is 1.48 bits per heavy atom. The molecule has 0 aromatic heterocycles. The molecule has 0 spiro atoms. The fraction of sp³-hybridized carbons (Fsp3) is 0.529. The number of amides is 1. The van der Waals surface area contributed by atoms with Crippen LogP contribution in [-0.2, 0) is 17.6 Å². The SMILES string of the molecule is N#Cc1cc2c(c3c1OCC3)[C@H](CCC(=O)NCC(F)F)CC2. The quantitative estimate of drug-likeness (QED) is 0.907. The molecule has 0 saturated carbocycles. The Bertz CT molecular complexity index is 668. The molecule has 0 bridgehead atoms. The number of carbonyl (C=O) groups is 1. The molecule has 1 amide bonds. The number of fused-ring (bicyclic) bond motifs is 3. The third-order valence-electron chi connectivity index (χ3n) is 4.57. The normalized spacial score (nSPS) is 18.3. The second-order valence-corrected chi connectivity index (χ2v) is 5.98. The van der Waals surface area contributed by atoms with Crippen LogP contribution in [0, 0.1) is 11.3 Å². The molecule has 1 aromatic carbocycles. The van der Waals surface area contributed by atoms with Gasteiger partial charge in [-0.3, -0.25) is 4.79 Å². The van der Waals surface area contributed by atoms with Crippen LogP contribution in [0.25, 0.3) is 0 Å². The maximum absolute atomic E-state index is 12.1. The molecule has 1 aromatic rings. The first kappa shape index (κ1) is 15.7. The number of halogens is 2. The van der Waals surface area contributed by atoms with Crippen LogP contribution in [0.1, 0.15) is 47.4 Å². The first-order valence-electron chi connectivity index (χ1n) is 7.86. The zero-order chi connectivity index (χ0) is 16.4. The number of hydrogen-bond donors (Lipinski definition) is 1. The van der Waals surface area contributed by atoms with E-state index in [1.807, 2.05) is 6.07 Å². The fourth-order valence-corrected chi connectivity index (χ4v) is 3.61. The van der Waals surface area contributed by atoms with Gasteiger partial charge in [-0.15, -0.1) is 0 Å². The Labute approximate surface area is 133 Å². The smallest absolute Gasteiger partial charge is 0.255 e. The summed E-state index contributed by atoms with van der Waals surface area (Å²) in [6.45, 7) is -0.00306. The van der Waals surface area contributed by atoms with Gasteiger partial charge in [0.15, 0.2) is 0 Å². The maximum Gasteiger partial charge on any atom is 0.255 e. The van der Waals surface area contributed by atoms with Gasteiger partial charge >= 0.3 is 0 Å². The summed E-state index contributed by atoms with van der Waals surface area (Å²) in [5.74, 6) is 0.603. The van der Waals surface area contributed by atoms with Crippen molar-refractivity contribution in [3.8, 4) is 11.8 Å². The van der Waals surface area contributed by atoms with Gasteiger partial charge in [-0.2, -0.15) is 5.26 Å². The van der Waals surface area contributed by atoms with Gasteiger partial charge in [0.1, 0.15) is 11.8 Å². The highest BCUT2D eigenvalue weighted by Crippen LogP contribution is 2.45. The van der Waals surface area contributed by atoms with Gasteiger partial charge in [0.25, 0.3) is 6.43 Å². The van der Waals surface area contributed by atoms with Gasteiger partial charge in [0.05, 0.1) is 18.7 Å². The Morgan fingerprint density at radius 3 is 3.04 bits per heavy atom. The minimum Gasteiger partial charge on any atom is -0.492 e. The first-order valence-corrected chi connectivity index (χ1v) is 7.86. The van der Waals surface area contributed by atoms with Gasteiger partial charge < -0.3 is 10.1 Å². The number of aryl methyl sites for hydroxylation is 1. The van der Waals surface area contributed by atoms with Crippen LogP contribution in [0.4, 0.5) is 8.78 Å². The summed E-state index contributed by atoms with van der Waals surface area (Å²) in [4.78, 5) is 11.6. The van der Waals surface area contributed by atoms with E-state index in [1.54, 1.807) is 0 Å². The summed E-state index contributed by atoms with van der Waals surface area (Å²) in [6.07, 6.45) is 0.976. The third kappa shape index (κ3) is 3.14. The predicted molar refractivity (Wildman–Crippen MR) is 79.7 cm³/mol. The average Bonchev–Trinajstić information content (AvgIpc) is 3.16. The van der Waals surface area contributed by atoms with E-state index < -0.39 is 13.0 Å². The van der Waals surface area contributed by atoms with Gasteiger partial charge in [0, 0.05) is 18.4 Å². The molecular formula is C17H18F2N2O2. The third-order valence-corrected chi connectivity index (χ3v) is 4.57. The molecule has 3 rings (SSSR count). The molecule has 0 unspecified atom stereocenters. The number of rotatable bonds is 5. The van der Waals surface area contributed by atoms with Crippen molar-refractivity contribution in [3.05, 3.63) is 28.3 Å². The van der Waals surface area contributed by atoms with E-state index in [9.17, 15) is 18.8 Å². The van der Waals surface area contributed by atoms with E-state index in [0.717, 1.165) is 24.8 Å². The van der Waals surface area contributed by atoms with Crippen LogP contribution in [0.15, 0.2) is 6.07 Å².